The molecule has 3 atom stereocenters. The Morgan fingerprint density at radius 3 is 2.58 bits per heavy atom. The van der Waals surface area contributed by atoms with Crippen LogP contribution in [0.1, 0.15) is 36.5 Å². The van der Waals surface area contributed by atoms with Gasteiger partial charge in [-0.2, -0.15) is 0 Å². The lowest BCUT2D eigenvalue weighted by Gasteiger charge is -2.25. The van der Waals surface area contributed by atoms with Crippen LogP contribution in [0.4, 0.5) is 5.69 Å². The molecule has 1 N–H and O–H groups in total. The normalized spacial score (nSPS) is 23.3. The summed E-state index contributed by atoms with van der Waals surface area (Å²) in [6.45, 7) is 2.13. The number of pyridine rings is 1. The zero-order chi connectivity index (χ0) is 21.7. The molecule has 1 saturated heterocycles. The summed E-state index contributed by atoms with van der Waals surface area (Å²) < 4.78 is 0. The first-order valence-electron chi connectivity index (χ1n) is 10.6. The van der Waals surface area contributed by atoms with Gasteiger partial charge in [0.2, 0.25) is 11.8 Å². The van der Waals surface area contributed by atoms with Gasteiger partial charge in [0, 0.05) is 10.9 Å². The van der Waals surface area contributed by atoms with Crippen LogP contribution >= 0.6 is 0 Å². The molecule has 3 aromatic rings. The number of carboxylic acid groups (broad SMARTS) is 1. The van der Waals surface area contributed by atoms with Crippen LogP contribution in [0.5, 0.6) is 0 Å². The Labute approximate surface area is 179 Å². The van der Waals surface area contributed by atoms with Gasteiger partial charge in [0.15, 0.2) is 0 Å². The first kappa shape index (κ1) is 19.4. The van der Waals surface area contributed by atoms with Gasteiger partial charge in [-0.25, -0.2) is 9.78 Å². The maximum atomic E-state index is 13.1. The maximum Gasteiger partial charge on any atom is 0.336 e. The van der Waals surface area contributed by atoms with Crippen molar-refractivity contribution >= 4 is 34.4 Å². The summed E-state index contributed by atoms with van der Waals surface area (Å²) in [5, 5.41) is 10.2. The van der Waals surface area contributed by atoms with Crippen molar-refractivity contribution in [2.24, 2.45) is 17.8 Å². The minimum Gasteiger partial charge on any atom is -0.478 e. The van der Waals surface area contributed by atoms with Crippen LogP contribution in [0.15, 0.2) is 54.6 Å². The molecule has 1 aromatic heterocycles. The summed E-state index contributed by atoms with van der Waals surface area (Å²) >= 11 is 0. The number of imide groups is 1. The van der Waals surface area contributed by atoms with E-state index in [1.807, 2.05) is 12.1 Å². The van der Waals surface area contributed by atoms with Crippen molar-refractivity contribution in [3.05, 3.63) is 60.2 Å². The quantitative estimate of drug-likeness (QED) is 0.637. The molecule has 2 amide bonds. The summed E-state index contributed by atoms with van der Waals surface area (Å²) in [7, 11) is 0. The van der Waals surface area contributed by atoms with Gasteiger partial charge in [0.05, 0.1) is 34.3 Å². The van der Waals surface area contributed by atoms with E-state index >= 15 is 0 Å². The van der Waals surface area contributed by atoms with Crippen molar-refractivity contribution in [1.29, 1.82) is 0 Å². The van der Waals surface area contributed by atoms with E-state index < -0.39 is 5.97 Å². The van der Waals surface area contributed by atoms with Gasteiger partial charge in [-0.15, -0.1) is 0 Å². The van der Waals surface area contributed by atoms with E-state index in [1.54, 1.807) is 42.5 Å². The van der Waals surface area contributed by atoms with Gasteiger partial charge >= 0.3 is 5.97 Å². The lowest BCUT2D eigenvalue weighted by Crippen LogP contribution is -2.30. The van der Waals surface area contributed by atoms with Crippen molar-refractivity contribution < 1.29 is 19.5 Å². The first-order chi connectivity index (χ1) is 14.9. The Bertz CT molecular complexity index is 1240. The highest BCUT2D eigenvalue weighted by molar-refractivity contribution is 6.22. The highest BCUT2D eigenvalue weighted by atomic mass is 16.4. The first-order valence-corrected chi connectivity index (χ1v) is 10.6. The minimum atomic E-state index is -1.03. The van der Waals surface area contributed by atoms with Gasteiger partial charge in [-0.05, 0) is 49.4 Å². The number of carbonyl (C=O) groups excluding carboxylic acids is 2. The molecule has 0 radical (unpaired) electrons. The standard InChI is InChI=1S/C25H22N2O4/c1-14-9-10-18-19(11-14)24(29)27(23(18)28)16-6-4-5-15(12-16)22-13-20(25(30)31)17-7-2-3-8-21(17)26-22/h2-8,12-14,18-19H,9-11H2,1H3,(H,30,31)/t14-,18-,19+/m0/s1. The molecule has 1 saturated carbocycles. The minimum absolute atomic E-state index is 0.128. The Morgan fingerprint density at radius 1 is 1.00 bits per heavy atom. The number of amides is 2. The summed E-state index contributed by atoms with van der Waals surface area (Å²) in [6, 6.07) is 15.7. The Balaban J connectivity index is 1.57. The van der Waals surface area contributed by atoms with Crippen LogP contribution in [0.2, 0.25) is 0 Å². The number of carbonyl (C=O) groups is 3. The molecule has 156 valence electrons. The maximum absolute atomic E-state index is 13.1. The Morgan fingerprint density at radius 2 is 1.77 bits per heavy atom. The molecule has 0 bridgehead atoms. The predicted octanol–water partition coefficient (Wildman–Crippen LogP) is 4.53. The highest BCUT2D eigenvalue weighted by Gasteiger charge is 2.49. The topological polar surface area (TPSA) is 87.6 Å². The fraction of sp³-hybridized carbons (Fsp3) is 0.280. The van der Waals surface area contributed by atoms with Crippen molar-refractivity contribution in [3.63, 3.8) is 0 Å². The summed E-state index contributed by atoms with van der Waals surface area (Å²) in [6.07, 6.45) is 2.47. The lowest BCUT2D eigenvalue weighted by molar-refractivity contribution is -0.122. The van der Waals surface area contributed by atoms with Crippen LogP contribution in [-0.4, -0.2) is 27.9 Å². The van der Waals surface area contributed by atoms with Crippen LogP contribution in [0, 0.1) is 17.8 Å². The molecule has 2 aliphatic rings. The zero-order valence-corrected chi connectivity index (χ0v) is 17.1. The number of carboxylic acids is 1. The fourth-order valence-electron chi connectivity index (χ4n) is 4.95. The summed E-state index contributed by atoms with van der Waals surface area (Å²) in [5.41, 5.74) is 2.41. The SMILES string of the molecule is C[C@H]1CC[C@@H]2C(=O)N(c3cccc(-c4cc(C(=O)O)c5ccccc5n4)c3)C(=O)[C@@H]2C1. The second-order valence-corrected chi connectivity index (χ2v) is 8.57. The summed E-state index contributed by atoms with van der Waals surface area (Å²) in [4.78, 5) is 43.9. The molecular weight excluding hydrogens is 392 g/mol. The molecule has 31 heavy (non-hydrogen) atoms. The van der Waals surface area contributed by atoms with Crippen LogP contribution in [-0.2, 0) is 9.59 Å². The van der Waals surface area contributed by atoms with Crippen LogP contribution < -0.4 is 4.90 Å². The molecule has 2 heterocycles. The van der Waals surface area contributed by atoms with E-state index in [-0.39, 0.29) is 29.2 Å². The van der Waals surface area contributed by atoms with E-state index in [4.69, 9.17) is 0 Å². The van der Waals surface area contributed by atoms with Gasteiger partial charge in [0.1, 0.15) is 0 Å². The monoisotopic (exact) mass is 414 g/mol. The van der Waals surface area contributed by atoms with E-state index in [1.165, 1.54) is 4.90 Å². The van der Waals surface area contributed by atoms with Crippen molar-refractivity contribution in [1.82, 2.24) is 4.98 Å². The van der Waals surface area contributed by atoms with E-state index in [0.29, 0.717) is 33.8 Å². The smallest absolute Gasteiger partial charge is 0.336 e. The number of anilines is 1. The molecule has 1 aliphatic heterocycles. The van der Waals surface area contributed by atoms with Crippen LogP contribution in [0.3, 0.4) is 0 Å². The van der Waals surface area contributed by atoms with Gasteiger partial charge in [-0.1, -0.05) is 37.3 Å². The van der Waals surface area contributed by atoms with Crippen molar-refractivity contribution in [2.45, 2.75) is 26.2 Å². The molecule has 2 fully saturated rings. The highest BCUT2D eigenvalue weighted by Crippen LogP contribution is 2.42. The fourth-order valence-corrected chi connectivity index (χ4v) is 4.95. The van der Waals surface area contributed by atoms with Gasteiger partial charge < -0.3 is 5.11 Å². The Hall–Kier alpha value is -3.54. The number of aromatic carboxylic acids is 1. The third kappa shape index (κ3) is 3.19. The number of fused-ring (bicyclic) bond motifs is 2. The predicted molar refractivity (Wildman–Crippen MR) is 117 cm³/mol. The third-order valence-electron chi connectivity index (χ3n) is 6.53. The van der Waals surface area contributed by atoms with E-state index in [0.717, 1.165) is 19.3 Å². The zero-order valence-electron chi connectivity index (χ0n) is 17.1. The van der Waals surface area contributed by atoms with Crippen molar-refractivity contribution in [3.8, 4) is 11.3 Å². The second-order valence-electron chi connectivity index (χ2n) is 8.57. The van der Waals surface area contributed by atoms with Gasteiger partial charge in [-0.3, -0.25) is 14.5 Å². The average molecular weight is 414 g/mol. The molecule has 6 nitrogen and oxygen atoms in total. The number of hydrogen-bond acceptors (Lipinski definition) is 4. The second kappa shape index (κ2) is 7.30. The third-order valence-corrected chi connectivity index (χ3v) is 6.53. The molecule has 0 spiro atoms. The number of benzene rings is 2. The lowest BCUT2D eigenvalue weighted by atomic mass is 9.76. The average Bonchev–Trinajstić information content (AvgIpc) is 3.02. The molecule has 1 aliphatic carbocycles. The van der Waals surface area contributed by atoms with E-state index in [9.17, 15) is 19.5 Å². The molecule has 0 unspecified atom stereocenters. The summed E-state index contributed by atoms with van der Waals surface area (Å²) in [5.74, 6) is -1.31. The van der Waals surface area contributed by atoms with Crippen molar-refractivity contribution in [2.75, 3.05) is 4.90 Å². The number of hydrogen-bond donors (Lipinski definition) is 1. The molecule has 6 heteroatoms. The molecule has 5 rings (SSSR count). The number of aromatic nitrogens is 1. The largest absolute Gasteiger partial charge is 0.478 e. The van der Waals surface area contributed by atoms with Gasteiger partial charge in [0.25, 0.3) is 0 Å². The van der Waals surface area contributed by atoms with E-state index in [2.05, 4.69) is 11.9 Å². The van der Waals surface area contributed by atoms with Crippen LogP contribution in [0.25, 0.3) is 22.2 Å². The Kier molecular flexibility index (Phi) is 4.58. The number of para-hydroxylation sites is 1. The number of nitrogens with zero attached hydrogens (tertiary/aromatic N) is 2. The number of rotatable bonds is 3. The molecule has 2 aromatic carbocycles. The molecular formula is C25H22N2O4.